The molecule has 0 saturated heterocycles. The Kier molecular flexibility index (Phi) is 12.3. The van der Waals surface area contributed by atoms with E-state index >= 15 is 0 Å². The number of nitriles is 1. The van der Waals surface area contributed by atoms with E-state index in [0.29, 0.717) is 12.4 Å². The molecule has 1 aromatic carbocycles. The van der Waals surface area contributed by atoms with Crippen molar-refractivity contribution in [3.05, 3.63) is 29.1 Å². The number of nitrogens with zero attached hydrogens (tertiary/aromatic N) is 2. The molecule has 5 heteroatoms. The summed E-state index contributed by atoms with van der Waals surface area (Å²) in [5.74, 6) is 2.67. The summed E-state index contributed by atoms with van der Waals surface area (Å²) in [6.07, 6.45) is 18.9. The van der Waals surface area contributed by atoms with E-state index in [1.54, 1.807) is 12.1 Å². The molecule has 0 amide bonds. The SMILES string of the molecule is [C-]#[N+]c1c(OC(=O)C2CCC(C3CCC(CCC)CC3)CC2)ccc(OCCCCCCCC)c1C#N. The summed E-state index contributed by atoms with van der Waals surface area (Å²) in [5.41, 5.74) is 0.238. The van der Waals surface area contributed by atoms with E-state index in [0.717, 1.165) is 56.3 Å². The largest absolute Gasteiger partial charge is 0.494 e. The molecule has 0 heterocycles. The Labute approximate surface area is 224 Å². The lowest BCUT2D eigenvalue weighted by Crippen LogP contribution is -2.30. The van der Waals surface area contributed by atoms with E-state index in [9.17, 15) is 10.1 Å². The highest BCUT2D eigenvalue weighted by molar-refractivity contribution is 5.80. The van der Waals surface area contributed by atoms with Crippen LogP contribution in [-0.4, -0.2) is 12.6 Å². The van der Waals surface area contributed by atoms with Gasteiger partial charge in [0.15, 0.2) is 0 Å². The number of hydrogen-bond acceptors (Lipinski definition) is 4. The molecule has 2 aliphatic rings. The van der Waals surface area contributed by atoms with Gasteiger partial charge in [-0.05, 0) is 74.8 Å². The molecule has 0 aromatic heterocycles. The van der Waals surface area contributed by atoms with Gasteiger partial charge in [0.2, 0.25) is 5.69 Å². The fourth-order valence-corrected chi connectivity index (χ4v) is 6.41. The summed E-state index contributed by atoms with van der Waals surface area (Å²) in [7, 11) is 0. The second kappa shape index (κ2) is 15.7. The Balaban J connectivity index is 1.50. The van der Waals surface area contributed by atoms with Gasteiger partial charge in [-0.1, -0.05) is 71.6 Å². The number of unbranched alkanes of at least 4 members (excludes halogenated alkanes) is 5. The molecule has 0 radical (unpaired) electrons. The van der Waals surface area contributed by atoms with E-state index in [-0.39, 0.29) is 28.9 Å². The minimum absolute atomic E-state index is 0.0776. The van der Waals surface area contributed by atoms with E-state index in [2.05, 4.69) is 24.8 Å². The third kappa shape index (κ3) is 8.49. The highest BCUT2D eigenvalue weighted by Crippen LogP contribution is 2.43. The molecule has 0 atom stereocenters. The van der Waals surface area contributed by atoms with Gasteiger partial charge < -0.3 is 9.47 Å². The first-order valence-corrected chi connectivity index (χ1v) is 14.9. The Hall–Kier alpha value is -2.53. The Morgan fingerprint density at radius 1 is 0.919 bits per heavy atom. The van der Waals surface area contributed by atoms with Crippen molar-refractivity contribution in [1.29, 1.82) is 5.26 Å². The van der Waals surface area contributed by atoms with Gasteiger partial charge in [-0.2, -0.15) is 5.26 Å². The average Bonchev–Trinajstić information content (AvgIpc) is 2.93. The van der Waals surface area contributed by atoms with Gasteiger partial charge in [-0.3, -0.25) is 4.79 Å². The van der Waals surface area contributed by atoms with Gasteiger partial charge in [-0.25, -0.2) is 4.85 Å². The van der Waals surface area contributed by atoms with Crippen LogP contribution in [0.5, 0.6) is 11.5 Å². The molecule has 1 aromatic rings. The van der Waals surface area contributed by atoms with E-state index < -0.39 is 0 Å². The maximum atomic E-state index is 13.0. The van der Waals surface area contributed by atoms with Crippen molar-refractivity contribution >= 4 is 11.7 Å². The molecule has 37 heavy (non-hydrogen) atoms. The smallest absolute Gasteiger partial charge is 0.313 e. The predicted octanol–water partition coefficient (Wildman–Crippen LogP) is 9.17. The molecular weight excluding hydrogens is 460 g/mol. The number of benzene rings is 1. The van der Waals surface area contributed by atoms with Crippen molar-refractivity contribution < 1.29 is 14.3 Å². The maximum Gasteiger partial charge on any atom is 0.313 e. The fourth-order valence-electron chi connectivity index (χ4n) is 6.41. The van der Waals surface area contributed by atoms with Crippen molar-refractivity contribution in [2.24, 2.45) is 23.7 Å². The summed E-state index contributed by atoms with van der Waals surface area (Å²) < 4.78 is 11.6. The number of carbonyl (C=O) groups is 1. The summed E-state index contributed by atoms with van der Waals surface area (Å²) in [5, 5.41) is 9.72. The summed E-state index contributed by atoms with van der Waals surface area (Å²) in [6.45, 7) is 12.6. The molecule has 3 rings (SSSR count). The van der Waals surface area contributed by atoms with Gasteiger partial charge in [-0.15, -0.1) is 0 Å². The summed E-state index contributed by atoms with van der Waals surface area (Å²) in [4.78, 5) is 16.5. The Morgan fingerprint density at radius 2 is 1.54 bits per heavy atom. The van der Waals surface area contributed by atoms with Crippen LogP contribution in [0.3, 0.4) is 0 Å². The normalized spacial score (nSPS) is 23.6. The first-order chi connectivity index (χ1) is 18.1. The van der Waals surface area contributed by atoms with E-state index in [1.807, 2.05) is 0 Å². The Morgan fingerprint density at radius 3 is 2.16 bits per heavy atom. The van der Waals surface area contributed by atoms with E-state index in [1.165, 1.54) is 64.2 Å². The Bertz CT molecular complexity index is 929. The summed E-state index contributed by atoms with van der Waals surface area (Å²) >= 11 is 0. The van der Waals surface area contributed by atoms with Crippen molar-refractivity contribution in [2.75, 3.05) is 6.61 Å². The molecule has 0 bridgehead atoms. The fraction of sp³-hybridized carbons (Fsp3) is 0.719. The minimum atomic E-state index is -0.264. The zero-order chi connectivity index (χ0) is 26.5. The molecule has 0 spiro atoms. The standard InChI is InChI=1S/C32H46N2O3/c1-4-6-7-8-9-10-22-36-29-20-21-30(31(34-3)28(29)23-33)37-32(35)27-18-16-26(17-19-27)25-14-12-24(11-5-2)13-15-25/h20-21,24-27H,4-19,22H2,1-2H3. The minimum Gasteiger partial charge on any atom is -0.494 e. The van der Waals surface area contributed by atoms with Gasteiger partial charge in [0.25, 0.3) is 0 Å². The zero-order valence-corrected chi connectivity index (χ0v) is 23.1. The van der Waals surface area contributed by atoms with Crippen LogP contribution >= 0.6 is 0 Å². The molecule has 2 saturated carbocycles. The lowest BCUT2D eigenvalue weighted by atomic mass is 9.69. The molecule has 202 valence electrons. The molecule has 2 aliphatic carbocycles. The van der Waals surface area contributed by atoms with Crippen LogP contribution in [-0.2, 0) is 4.79 Å². The quantitative estimate of drug-likeness (QED) is 0.116. The van der Waals surface area contributed by atoms with Crippen LogP contribution in [0, 0.1) is 41.6 Å². The van der Waals surface area contributed by atoms with Crippen LogP contribution in [0.25, 0.3) is 4.85 Å². The lowest BCUT2D eigenvalue weighted by molar-refractivity contribution is -0.140. The third-order valence-corrected chi connectivity index (χ3v) is 8.65. The van der Waals surface area contributed by atoms with Gasteiger partial charge in [0, 0.05) is 0 Å². The zero-order valence-electron chi connectivity index (χ0n) is 23.1. The second-order valence-electron chi connectivity index (χ2n) is 11.2. The van der Waals surface area contributed by atoms with Gasteiger partial charge in [0.05, 0.1) is 25.2 Å². The summed E-state index contributed by atoms with van der Waals surface area (Å²) in [6, 6.07) is 5.38. The van der Waals surface area contributed by atoms with Crippen LogP contribution in [0.2, 0.25) is 0 Å². The van der Waals surface area contributed by atoms with Gasteiger partial charge in [0.1, 0.15) is 17.1 Å². The highest BCUT2D eigenvalue weighted by atomic mass is 16.5. The van der Waals surface area contributed by atoms with Crippen molar-refractivity contribution in [2.45, 2.75) is 117 Å². The number of rotatable bonds is 13. The average molecular weight is 507 g/mol. The molecule has 0 aliphatic heterocycles. The molecule has 2 fully saturated rings. The first kappa shape index (κ1) is 29.0. The van der Waals surface area contributed by atoms with Crippen molar-refractivity contribution in [3.63, 3.8) is 0 Å². The van der Waals surface area contributed by atoms with Crippen molar-refractivity contribution in [1.82, 2.24) is 0 Å². The molecule has 0 unspecified atom stereocenters. The highest BCUT2D eigenvalue weighted by Gasteiger charge is 2.34. The van der Waals surface area contributed by atoms with Crippen LogP contribution in [0.15, 0.2) is 12.1 Å². The monoisotopic (exact) mass is 506 g/mol. The predicted molar refractivity (Wildman–Crippen MR) is 148 cm³/mol. The van der Waals surface area contributed by atoms with Crippen LogP contribution in [0.1, 0.15) is 122 Å². The number of esters is 1. The maximum absolute atomic E-state index is 13.0. The van der Waals surface area contributed by atoms with Crippen LogP contribution in [0.4, 0.5) is 5.69 Å². The first-order valence-electron chi connectivity index (χ1n) is 14.9. The van der Waals surface area contributed by atoms with Gasteiger partial charge >= 0.3 is 5.97 Å². The third-order valence-electron chi connectivity index (χ3n) is 8.65. The number of ether oxygens (including phenoxy) is 2. The van der Waals surface area contributed by atoms with E-state index in [4.69, 9.17) is 16.0 Å². The molecule has 0 N–H and O–H groups in total. The lowest BCUT2D eigenvalue weighted by Gasteiger charge is -2.37. The number of carbonyl (C=O) groups excluding carboxylic acids is 1. The molecular formula is C32H46N2O3. The van der Waals surface area contributed by atoms with Crippen molar-refractivity contribution in [3.8, 4) is 17.6 Å². The van der Waals surface area contributed by atoms with Crippen LogP contribution < -0.4 is 9.47 Å². The number of hydrogen-bond donors (Lipinski definition) is 0. The topological polar surface area (TPSA) is 63.7 Å². The molecule has 5 nitrogen and oxygen atoms in total. The second-order valence-corrected chi connectivity index (χ2v) is 11.2.